The first kappa shape index (κ1) is 23.8. The molecule has 146 valence electrons. The highest BCUT2D eigenvalue weighted by Crippen LogP contribution is 2.20. The summed E-state index contributed by atoms with van der Waals surface area (Å²) >= 11 is 0. The van der Waals surface area contributed by atoms with E-state index in [0.29, 0.717) is 0 Å². The average Bonchev–Trinajstić information content (AvgIpc) is 2.69. The molecular weight excluding hydrogens is 368 g/mol. The van der Waals surface area contributed by atoms with Crippen LogP contribution >= 0.6 is 0 Å². The van der Waals surface area contributed by atoms with Gasteiger partial charge < -0.3 is 20.4 Å². The molecule has 0 fully saturated rings. The molecule has 2 rings (SSSR count). The Bertz CT molecular complexity index is 775. The second-order valence-corrected chi connectivity index (χ2v) is 4.85. The first-order chi connectivity index (χ1) is 13.1. The lowest BCUT2D eigenvalue weighted by Crippen LogP contribution is -1.96. The van der Waals surface area contributed by atoms with Gasteiger partial charge in [0.2, 0.25) is 0 Å². The van der Waals surface area contributed by atoms with E-state index in [2.05, 4.69) is 13.2 Å². The minimum absolute atomic E-state index is 0.223. The fraction of sp³-hybridized carbons (Fsp3) is 0. The minimum atomic E-state index is -0.981. The molecule has 0 aliphatic rings. The van der Waals surface area contributed by atoms with Crippen molar-refractivity contribution in [2.24, 2.45) is 0 Å². The number of benzene rings is 2. The number of carboxylic acids is 4. The Morgan fingerprint density at radius 2 is 0.786 bits per heavy atom. The van der Waals surface area contributed by atoms with Gasteiger partial charge in [-0.25, -0.2) is 19.2 Å². The lowest BCUT2D eigenvalue weighted by Gasteiger charge is -2.03. The van der Waals surface area contributed by atoms with E-state index >= 15 is 0 Å². The van der Waals surface area contributed by atoms with Crippen molar-refractivity contribution in [3.05, 3.63) is 85.0 Å². The summed E-state index contributed by atoms with van der Waals surface area (Å²) < 4.78 is 0. The van der Waals surface area contributed by atoms with Gasteiger partial charge in [0.15, 0.2) is 0 Å². The van der Waals surface area contributed by atoms with Crippen LogP contribution in [-0.2, 0) is 9.59 Å². The van der Waals surface area contributed by atoms with Gasteiger partial charge in [0.25, 0.3) is 0 Å². The molecule has 0 radical (unpaired) electrons. The number of hydrogen-bond acceptors (Lipinski definition) is 4. The summed E-state index contributed by atoms with van der Waals surface area (Å²) in [5.74, 6) is -3.90. The molecule has 28 heavy (non-hydrogen) atoms. The Morgan fingerprint density at radius 1 is 0.571 bits per heavy atom. The largest absolute Gasteiger partial charge is 0.478 e. The first-order valence-electron chi connectivity index (χ1n) is 7.50. The molecule has 4 N–H and O–H groups in total. The van der Waals surface area contributed by atoms with Crippen LogP contribution in [0, 0.1) is 0 Å². The van der Waals surface area contributed by atoms with E-state index in [4.69, 9.17) is 20.4 Å². The molecule has 2 aromatic carbocycles. The number of hydrogen-bond donors (Lipinski definition) is 4. The van der Waals surface area contributed by atoms with E-state index < -0.39 is 23.9 Å². The van der Waals surface area contributed by atoms with E-state index in [0.717, 1.165) is 23.3 Å². The van der Waals surface area contributed by atoms with Gasteiger partial charge in [0, 0.05) is 12.2 Å². The Labute approximate surface area is 160 Å². The second kappa shape index (κ2) is 12.2. The standard InChI is InChI=1S/C14H10O4.2C3H4O2/c15-13(16)11-5-1-9(2-6-11)10-3-7-12(8-4-10)14(17)18;2*1-2-3(4)5/h1-8H,(H,15,16)(H,17,18);2*2H,1H2,(H,4,5). The van der Waals surface area contributed by atoms with Crippen molar-refractivity contribution in [1.82, 2.24) is 0 Å². The molecule has 0 unspecified atom stereocenters. The van der Waals surface area contributed by atoms with Crippen LogP contribution in [0.4, 0.5) is 0 Å². The Morgan fingerprint density at radius 3 is 0.929 bits per heavy atom. The number of carboxylic acid groups (broad SMARTS) is 4. The average molecular weight is 386 g/mol. The number of rotatable bonds is 5. The monoisotopic (exact) mass is 386 g/mol. The van der Waals surface area contributed by atoms with Crippen LogP contribution in [0.2, 0.25) is 0 Å². The molecule has 0 spiro atoms. The highest BCUT2D eigenvalue weighted by atomic mass is 16.4. The maximum absolute atomic E-state index is 10.7. The third kappa shape index (κ3) is 9.33. The van der Waals surface area contributed by atoms with E-state index in [-0.39, 0.29) is 11.1 Å². The predicted octanol–water partition coefficient (Wildman–Crippen LogP) is 3.26. The van der Waals surface area contributed by atoms with Crippen LogP contribution in [0.25, 0.3) is 11.1 Å². The number of aromatic carboxylic acids is 2. The van der Waals surface area contributed by atoms with Crippen LogP contribution < -0.4 is 0 Å². The predicted molar refractivity (Wildman–Crippen MR) is 101 cm³/mol. The van der Waals surface area contributed by atoms with E-state index in [1.54, 1.807) is 24.3 Å². The molecule has 0 saturated carbocycles. The van der Waals surface area contributed by atoms with Gasteiger partial charge in [-0.15, -0.1) is 0 Å². The summed E-state index contributed by atoms with van der Waals surface area (Å²) in [6.07, 6.45) is 1.67. The molecule has 0 aliphatic carbocycles. The highest BCUT2D eigenvalue weighted by molar-refractivity contribution is 5.89. The highest BCUT2D eigenvalue weighted by Gasteiger charge is 2.05. The van der Waals surface area contributed by atoms with Gasteiger partial charge in [0.1, 0.15) is 0 Å². The maximum Gasteiger partial charge on any atom is 0.335 e. The lowest BCUT2D eigenvalue weighted by molar-refractivity contribution is -0.132. The molecule has 8 heteroatoms. The zero-order valence-corrected chi connectivity index (χ0v) is 14.6. The normalized spacial score (nSPS) is 8.71. The maximum atomic E-state index is 10.7. The molecule has 8 nitrogen and oxygen atoms in total. The zero-order valence-electron chi connectivity index (χ0n) is 14.6. The van der Waals surface area contributed by atoms with Gasteiger partial charge in [-0.1, -0.05) is 37.4 Å². The van der Waals surface area contributed by atoms with E-state index in [1.165, 1.54) is 24.3 Å². The summed E-state index contributed by atoms with van der Waals surface area (Å²) in [6.45, 7) is 5.92. The molecule has 0 bridgehead atoms. The molecule has 0 saturated heterocycles. The molecule has 0 aromatic heterocycles. The molecular formula is C20H18O8. The summed E-state index contributed by atoms with van der Waals surface area (Å²) in [6, 6.07) is 12.8. The second-order valence-electron chi connectivity index (χ2n) is 4.85. The molecule has 0 amide bonds. The van der Waals surface area contributed by atoms with Crippen LogP contribution in [-0.4, -0.2) is 44.3 Å². The van der Waals surface area contributed by atoms with Gasteiger partial charge in [0.05, 0.1) is 11.1 Å². The van der Waals surface area contributed by atoms with E-state index in [9.17, 15) is 19.2 Å². The van der Waals surface area contributed by atoms with Crippen molar-refractivity contribution in [1.29, 1.82) is 0 Å². The first-order valence-corrected chi connectivity index (χ1v) is 7.50. The van der Waals surface area contributed by atoms with Crippen molar-refractivity contribution in [2.45, 2.75) is 0 Å². The van der Waals surface area contributed by atoms with Crippen molar-refractivity contribution >= 4 is 23.9 Å². The zero-order chi connectivity index (χ0) is 21.7. The minimum Gasteiger partial charge on any atom is -0.478 e. The van der Waals surface area contributed by atoms with Crippen molar-refractivity contribution < 1.29 is 39.6 Å². The summed E-state index contributed by atoms with van der Waals surface area (Å²) in [5, 5.41) is 32.8. The van der Waals surface area contributed by atoms with Gasteiger partial charge in [-0.05, 0) is 35.4 Å². The number of aliphatic carboxylic acids is 2. The molecule has 2 aromatic rings. The van der Waals surface area contributed by atoms with Crippen LogP contribution in [0.1, 0.15) is 20.7 Å². The SMILES string of the molecule is C=CC(=O)O.C=CC(=O)O.O=C(O)c1ccc(-c2ccc(C(=O)O)cc2)cc1. The Kier molecular flexibility index (Phi) is 10.4. The third-order valence-corrected chi connectivity index (χ3v) is 2.95. The molecule has 0 aliphatic heterocycles. The van der Waals surface area contributed by atoms with Crippen molar-refractivity contribution in [3.8, 4) is 11.1 Å². The van der Waals surface area contributed by atoms with Crippen molar-refractivity contribution in [2.75, 3.05) is 0 Å². The van der Waals surface area contributed by atoms with Crippen LogP contribution in [0.15, 0.2) is 73.8 Å². The van der Waals surface area contributed by atoms with Gasteiger partial charge in [-0.3, -0.25) is 0 Å². The quantitative estimate of drug-likeness (QED) is 0.572. The molecule has 0 atom stereocenters. The topological polar surface area (TPSA) is 149 Å². The lowest BCUT2D eigenvalue weighted by atomic mass is 10.0. The van der Waals surface area contributed by atoms with Gasteiger partial charge >= 0.3 is 23.9 Å². The van der Waals surface area contributed by atoms with E-state index in [1.807, 2.05) is 0 Å². The smallest absolute Gasteiger partial charge is 0.335 e. The van der Waals surface area contributed by atoms with Crippen molar-refractivity contribution in [3.63, 3.8) is 0 Å². The van der Waals surface area contributed by atoms with Crippen LogP contribution in [0.5, 0.6) is 0 Å². The Balaban J connectivity index is 0.000000607. The van der Waals surface area contributed by atoms with Crippen LogP contribution in [0.3, 0.4) is 0 Å². The fourth-order valence-electron chi connectivity index (χ4n) is 1.61. The molecule has 0 heterocycles. The summed E-state index contributed by atoms with van der Waals surface area (Å²) in [5.41, 5.74) is 2.13. The Hall–Kier alpha value is -4.20. The summed E-state index contributed by atoms with van der Waals surface area (Å²) in [4.78, 5) is 39.9. The fourth-order valence-corrected chi connectivity index (χ4v) is 1.61. The summed E-state index contributed by atoms with van der Waals surface area (Å²) in [7, 11) is 0. The third-order valence-electron chi connectivity index (χ3n) is 2.95. The van der Waals surface area contributed by atoms with Gasteiger partial charge in [-0.2, -0.15) is 0 Å². The number of carbonyl (C=O) groups is 4.